The molecule has 2 rings (SSSR count). The molecule has 6 nitrogen and oxygen atoms in total. The van der Waals surface area contributed by atoms with Gasteiger partial charge in [-0.15, -0.1) is 0 Å². The van der Waals surface area contributed by atoms with Gasteiger partial charge in [-0.25, -0.2) is 9.88 Å². The van der Waals surface area contributed by atoms with Crippen molar-refractivity contribution in [3.8, 4) is 0 Å². The predicted octanol–water partition coefficient (Wildman–Crippen LogP) is 0.316. The number of morpholine rings is 1. The Morgan fingerprint density at radius 2 is 2.00 bits per heavy atom. The summed E-state index contributed by atoms with van der Waals surface area (Å²) in [5, 5.41) is 0. The first-order valence-electron chi connectivity index (χ1n) is 4.44. The lowest BCUT2D eigenvalue weighted by Crippen LogP contribution is -2.46. The zero-order valence-corrected chi connectivity index (χ0v) is 9.73. The summed E-state index contributed by atoms with van der Waals surface area (Å²) in [6, 6.07) is 1.58. The maximum Gasteiger partial charge on any atom is 0.261 e. The molecule has 2 heterocycles. The summed E-state index contributed by atoms with van der Waals surface area (Å²) < 4.78 is 5.30. The van der Waals surface area contributed by atoms with Crippen molar-refractivity contribution < 1.29 is 14.3 Å². The first-order valence-corrected chi connectivity index (χ1v) is 5.23. The second-order valence-corrected chi connectivity index (χ2v) is 4.04. The highest BCUT2D eigenvalue weighted by Crippen LogP contribution is 2.26. The third-order valence-electron chi connectivity index (χ3n) is 2.00. The molecule has 1 aromatic rings. The summed E-state index contributed by atoms with van der Waals surface area (Å²) >= 11 is 3.21. The van der Waals surface area contributed by atoms with E-state index in [4.69, 9.17) is 10.5 Å². The zero-order chi connectivity index (χ0) is 11.7. The Kier molecular flexibility index (Phi) is 2.88. The second-order valence-electron chi connectivity index (χ2n) is 3.19. The van der Waals surface area contributed by atoms with Crippen LogP contribution in [0.25, 0.3) is 0 Å². The van der Waals surface area contributed by atoms with Gasteiger partial charge in [0.15, 0.2) is 5.82 Å². The molecule has 1 aliphatic heterocycles. The SMILES string of the molecule is Nc1cnc(N2C(=O)COCC2=O)c(Br)c1. The van der Waals surface area contributed by atoms with Gasteiger partial charge in [-0.05, 0) is 22.0 Å². The Morgan fingerprint density at radius 3 is 2.56 bits per heavy atom. The van der Waals surface area contributed by atoms with Gasteiger partial charge in [-0.2, -0.15) is 0 Å². The van der Waals surface area contributed by atoms with Gasteiger partial charge in [0, 0.05) is 0 Å². The van der Waals surface area contributed by atoms with E-state index in [1.165, 1.54) is 6.20 Å². The number of rotatable bonds is 1. The lowest BCUT2D eigenvalue weighted by molar-refractivity contribution is -0.138. The number of amides is 2. The van der Waals surface area contributed by atoms with Crippen molar-refractivity contribution in [2.45, 2.75) is 0 Å². The standard InChI is InChI=1S/C9H8BrN3O3/c10-6-1-5(11)2-12-9(6)13-7(14)3-16-4-8(13)15/h1-2H,3-4,11H2. The summed E-state index contributed by atoms with van der Waals surface area (Å²) in [7, 11) is 0. The molecule has 1 aliphatic rings. The molecule has 0 aliphatic carbocycles. The van der Waals surface area contributed by atoms with E-state index in [2.05, 4.69) is 20.9 Å². The van der Waals surface area contributed by atoms with Gasteiger partial charge in [0.25, 0.3) is 11.8 Å². The maximum absolute atomic E-state index is 11.5. The number of carbonyl (C=O) groups excluding carboxylic acids is 2. The van der Waals surface area contributed by atoms with Crippen molar-refractivity contribution in [3.63, 3.8) is 0 Å². The molecule has 1 saturated heterocycles. The molecule has 16 heavy (non-hydrogen) atoms. The van der Waals surface area contributed by atoms with Gasteiger partial charge in [0.2, 0.25) is 0 Å². The third kappa shape index (κ3) is 1.91. The Balaban J connectivity index is 2.42. The van der Waals surface area contributed by atoms with Crippen LogP contribution in [0.15, 0.2) is 16.7 Å². The summed E-state index contributed by atoms with van der Waals surface area (Å²) in [4.78, 5) is 28.0. The number of halogens is 1. The van der Waals surface area contributed by atoms with Gasteiger partial charge in [0.05, 0.1) is 16.4 Å². The molecule has 0 radical (unpaired) electrons. The Hall–Kier alpha value is -1.47. The zero-order valence-electron chi connectivity index (χ0n) is 8.14. The molecule has 84 valence electrons. The highest BCUT2D eigenvalue weighted by atomic mass is 79.9. The average Bonchev–Trinajstić information content (AvgIpc) is 2.20. The number of nitrogens with zero attached hydrogens (tertiary/aromatic N) is 2. The topological polar surface area (TPSA) is 85.5 Å². The Morgan fingerprint density at radius 1 is 1.38 bits per heavy atom. The Bertz CT molecular complexity index is 447. The van der Waals surface area contributed by atoms with Crippen molar-refractivity contribution in [1.82, 2.24) is 4.98 Å². The summed E-state index contributed by atoms with van der Waals surface area (Å²) in [6.45, 7) is -0.242. The molecule has 0 bridgehead atoms. The second kappa shape index (κ2) is 4.18. The van der Waals surface area contributed by atoms with Gasteiger partial charge >= 0.3 is 0 Å². The van der Waals surface area contributed by atoms with Crippen molar-refractivity contribution in [1.29, 1.82) is 0 Å². The first-order chi connectivity index (χ1) is 7.59. The van der Waals surface area contributed by atoms with E-state index in [-0.39, 0.29) is 19.0 Å². The minimum atomic E-state index is -0.436. The number of anilines is 2. The highest BCUT2D eigenvalue weighted by molar-refractivity contribution is 9.10. The smallest absolute Gasteiger partial charge is 0.261 e. The molecule has 1 fully saturated rings. The minimum absolute atomic E-state index is 0.121. The molecule has 1 aromatic heterocycles. The van der Waals surface area contributed by atoms with E-state index in [9.17, 15) is 9.59 Å². The van der Waals surface area contributed by atoms with E-state index < -0.39 is 11.8 Å². The van der Waals surface area contributed by atoms with Crippen LogP contribution in [-0.2, 0) is 14.3 Å². The van der Waals surface area contributed by atoms with Crippen LogP contribution in [0, 0.1) is 0 Å². The summed E-state index contributed by atoms with van der Waals surface area (Å²) in [5.74, 6) is -0.629. The van der Waals surface area contributed by atoms with Crippen LogP contribution in [0.5, 0.6) is 0 Å². The molecule has 7 heteroatoms. The van der Waals surface area contributed by atoms with Crippen LogP contribution in [0.1, 0.15) is 0 Å². The number of hydrogen-bond acceptors (Lipinski definition) is 5. The van der Waals surface area contributed by atoms with Crippen molar-refractivity contribution in [3.05, 3.63) is 16.7 Å². The van der Waals surface area contributed by atoms with E-state index in [1.807, 2.05) is 0 Å². The van der Waals surface area contributed by atoms with Gasteiger partial charge < -0.3 is 10.5 Å². The number of nitrogens with two attached hydrogens (primary N) is 1. The largest absolute Gasteiger partial charge is 0.397 e. The maximum atomic E-state index is 11.5. The van der Waals surface area contributed by atoms with Crippen molar-refractivity contribution in [2.24, 2.45) is 0 Å². The Labute approximate surface area is 99.5 Å². The molecule has 0 atom stereocenters. The number of carbonyl (C=O) groups is 2. The van der Waals surface area contributed by atoms with E-state index in [0.717, 1.165) is 4.90 Å². The highest BCUT2D eigenvalue weighted by Gasteiger charge is 2.30. The molecule has 2 N–H and O–H groups in total. The van der Waals surface area contributed by atoms with Gasteiger partial charge in [-0.3, -0.25) is 9.59 Å². The lowest BCUT2D eigenvalue weighted by Gasteiger charge is -2.24. The summed E-state index contributed by atoms with van der Waals surface area (Å²) in [5.41, 5.74) is 5.97. The van der Waals surface area contributed by atoms with E-state index in [1.54, 1.807) is 6.07 Å². The molecule has 0 aromatic carbocycles. The monoisotopic (exact) mass is 285 g/mol. The number of hydrogen-bond donors (Lipinski definition) is 1. The molecular formula is C9H8BrN3O3. The average molecular weight is 286 g/mol. The fraction of sp³-hybridized carbons (Fsp3) is 0.222. The summed E-state index contributed by atoms with van der Waals surface area (Å²) in [6.07, 6.45) is 1.39. The molecular weight excluding hydrogens is 278 g/mol. The third-order valence-corrected chi connectivity index (χ3v) is 2.59. The number of aromatic nitrogens is 1. The van der Waals surface area contributed by atoms with Gasteiger partial charge in [-0.1, -0.05) is 0 Å². The van der Waals surface area contributed by atoms with E-state index in [0.29, 0.717) is 10.2 Å². The van der Waals surface area contributed by atoms with Gasteiger partial charge in [0.1, 0.15) is 13.2 Å². The van der Waals surface area contributed by atoms with Crippen LogP contribution in [-0.4, -0.2) is 30.0 Å². The quantitative estimate of drug-likeness (QED) is 0.751. The van der Waals surface area contributed by atoms with Crippen LogP contribution in [0.2, 0.25) is 0 Å². The molecule has 0 spiro atoms. The predicted molar refractivity (Wildman–Crippen MR) is 59.7 cm³/mol. The number of ether oxygens (including phenoxy) is 1. The number of pyridine rings is 1. The number of imide groups is 1. The first kappa shape index (κ1) is 11.0. The van der Waals surface area contributed by atoms with Crippen molar-refractivity contribution in [2.75, 3.05) is 23.8 Å². The number of nitrogen functional groups attached to an aromatic ring is 1. The van der Waals surface area contributed by atoms with Crippen LogP contribution in [0.3, 0.4) is 0 Å². The van der Waals surface area contributed by atoms with Crippen LogP contribution in [0.4, 0.5) is 11.5 Å². The van der Waals surface area contributed by atoms with Crippen molar-refractivity contribution >= 4 is 39.2 Å². The van der Waals surface area contributed by atoms with E-state index >= 15 is 0 Å². The normalized spacial score (nSPS) is 16.7. The fourth-order valence-corrected chi connectivity index (χ4v) is 1.88. The molecule has 2 amide bonds. The lowest BCUT2D eigenvalue weighted by atomic mass is 10.3. The minimum Gasteiger partial charge on any atom is -0.397 e. The fourth-order valence-electron chi connectivity index (χ4n) is 1.34. The van der Waals surface area contributed by atoms with Crippen LogP contribution < -0.4 is 10.6 Å². The molecule has 0 unspecified atom stereocenters. The molecule has 0 saturated carbocycles. The van der Waals surface area contributed by atoms with Crippen LogP contribution >= 0.6 is 15.9 Å².